The second-order valence-corrected chi connectivity index (χ2v) is 6.48. The number of rotatable bonds is 6. The van der Waals surface area contributed by atoms with Gasteiger partial charge in [-0.25, -0.2) is 24.5 Å². The van der Waals surface area contributed by atoms with Gasteiger partial charge in [0, 0.05) is 0 Å². The number of carboxylic acid groups (broad SMARTS) is 1. The van der Waals surface area contributed by atoms with Crippen molar-refractivity contribution in [2.24, 2.45) is 5.73 Å². The van der Waals surface area contributed by atoms with E-state index in [-0.39, 0.29) is 17.0 Å². The minimum Gasteiger partial charge on any atom is -0.480 e. The van der Waals surface area contributed by atoms with Crippen LogP contribution >= 0.6 is 0 Å². The molecule has 3 rings (SSSR count). The van der Waals surface area contributed by atoms with Gasteiger partial charge in [-0.05, 0) is 6.92 Å². The molecule has 2 amide bonds. The summed E-state index contributed by atoms with van der Waals surface area (Å²) in [6.45, 7) is 0.635. The van der Waals surface area contributed by atoms with Crippen LogP contribution in [-0.4, -0.2) is 94.1 Å². The molecule has 0 unspecified atom stereocenters. The van der Waals surface area contributed by atoms with Gasteiger partial charge in [0.1, 0.15) is 24.6 Å². The number of anilines is 1. The van der Waals surface area contributed by atoms with Crippen LogP contribution in [0.4, 0.5) is 10.6 Å². The van der Waals surface area contributed by atoms with Gasteiger partial charge in [-0.2, -0.15) is 0 Å². The number of hydrogen-bond donors (Lipinski definition) is 6. The molecule has 14 heteroatoms. The maximum atomic E-state index is 12.0. The fraction of sp³-hybridized carbons (Fsp3) is 0.533. The highest BCUT2D eigenvalue weighted by molar-refractivity contribution is 6.02. The molecule has 0 radical (unpaired) electrons. The average Bonchev–Trinajstić information content (AvgIpc) is 3.20. The van der Waals surface area contributed by atoms with Crippen molar-refractivity contribution in [2.45, 2.75) is 43.6 Å². The Morgan fingerprint density at radius 1 is 1.31 bits per heavy atom. The maximum Gasteiger partial charge on any atom is 0.329 e. The van der Waals surface area contributed by atoms with Gasteiger partial charge in [-0.3, -0.25) is 9.47 Å². The van der Waals surface area contributed by atoms with E-state index in [1.165, 1.54) is 17.8 Å². The molecular weight excluding hydrogens is 392 g/mol. The molecule has 3 heterocycles. The number of imidazole rings is 1. The van der Waals surface area contributed by atoms with Crippen LogP contribution in [0, 0.1) is 0 Å². The summed E-state index contributed by atoms with van der Waals surface area (Å²) in [4.78, 5) is 36.1. The number of primary amides is 1. The van der Waals surface area contributed by atoms with Crippen LogP contribution < -0.4 is 10.6 Å². The van der Waals surface area contributed by atoms with E-state index in [0.29, 0.717) is 4.90 Å². The fourth-order valence-corrected chi connectivity index (χ4v) is 3.22. The van der Waals surface area contributed by atoms with Gasteiger partial charge in [-0.15, -0.1) is 0 Å². The van der Waals surface area contributed by atoms with Gasteiger partial charge in [0.2, 0.25) is 0 Å². The number of carbonyl (C=O) groups is 2. The zero-order valence-corrected chi connectivity index (χ0v) is 15.1. The largest absolute Gasteiger partial charge is 0.480 e. The maximum absolute atomic E-state index is 12.0. The minimum absolute atomic E-state index is 0.0332. The Labute approximate surface area is 162 Å². The Hall–Kier alpha value is -2.91. The van der Waals surface area contributed by atoms with Gasteiger partial charge < -0.3 is 36.0 Å². The van der Waals surface area contributed by atoms with Crippen molar-refractivity contribution in [2.75, 3.05) is 11.5 Å². The number of carboxylic acids is 1. The topological polar surface area (TPSA) is 217 Å². The van der Waals surface area contributed by atoms with Crippen LogP contribution in [0.3, 0.4) is 0 Å². The van der Waals surface area contributed by atoms with Gasteiger partial charge in [-0.1, -0.05) is 0 Å². The molecule has 1 aliphatic heterocycles. The molecule has 2 aromatic heterocycles. The molecular formula is C15H20N6O8. The van der Waals surface area contributed by atoms with Crippen molar-refractivity contribution >= 4 is 29.0 Å². The summed E-state index contributed by atoms with van der Waals surface area (Å²) < 4.78 is 6.67. The number of hydrogen-bond acceptors (Lipinski definition) is 10. The number of urea groups is 1. The van der Waals surface area contributed by atoms with Gasteiger partial charge in [0.05, 0.1) is 19.0 Å². The summed E-state index contributed by atoms with van der Waals surface area (Å²) in [7, 11) is 0. The highest BCUT2D eigenvalue weighted by atomic mass is 16.6. The zero-order valence-electron chi connectivity index (χ0n) is 15.1. The predicted molar refractivity (Wildman–Crippen MR) is 93.5 cm³/mol. The lowest BCUT2D eigenvalue weighted by Crippen LogP contribution is -2.53. The van der Waals surface area contributed by atoms with Gasteiger partial charge >= 0.3 is 12.0 Å². The standard InChI is InChI=1S/C15H20N6O8/c1-5(23)8(14(26)27)21(15(16)28)12-7-11(17-3-18-12)20(4-19-7)13-10(25)9(24)6(2-22)29-13/h3-6,8-10,13,22-25H,2H2,1H3,(H2,16,28)(H,26,27)/t5-,6-,8+,9-,10-,13-/m1/s1. The molecule has 14 nitrogen and oxygen atoms in total. The summed E-state index contributed by atoms with van der Waals surface area (Å²) in [6, 6.07) is -2.94. The molecule has 6 atom stereocenters. The highest BCUT2D eigenvalue weighted by Gasteiger charge is 2.44. The number of amides is 2. The van der Waals surface area contributed by atoms with E-state index in [0.717, 1.165) is 6.33 Å². The summed E-state index contributed by atoms with van der Waals surface area (Å²) in [5.41, 5.74) is 5.31. The summed E-state index contributed by atoms with van der Waals surface area (Å²) >= 11 is 0. The third-order valence-electron chi connectivity index (χ3n) is 4.58. The number of nitrogens with zero attached hydrogens (tertiary/aromatic N) is 5. The van der Waals surface area contributed by atoms with Crippen LogP contribution in [0.2, 0.25) is 0 Å². The predicted octanol–water partition coefficient (Wildman–Crippen LogP) is -2.84. The number of fused-ring (bicyclic) bond motifs is 1. The molecule has 1 aliphatic rings. The third-order valence-corrected chi connectivity index (χ3v) is 4.58. The lowest BCUT2D eigenvalue weighted by molar-refractivity contribution is -0.140. The van der Waals surface area contributed by atoms with Crippen molar-refractivity contribution in [1.82, 2.24) is 19.5 Å². The summed E-state index contributed by atoms with van der Waals surface area (Å²) in [5.74, 6) is -1.80. The molecule has 7 N–H and O–H groups in total. The van der Waals surface area contributed by atoms with Crippen LogP contribution in [0.25, 0.3) is 11.2 Å². The van der Waals surface area contributed by atoms with Crippen molar-refractivity contribution in [1.29, 1.82) is 0 Å². The van der Waals surface area contributed by atoms with E-state index in [4.69, 9.17) is 10.5 Å². The Morgan fingerprint density at radius 2 is 2.00 bits per heavy atom. The van der Waals surface area contributed by atoms with Crippen molar-refractivity contribution < 1.29 is 39.9 Å². The van der Waals surface area contributed by atoms with E-state index in [9.17, 15) is 35.1 Å². The van der Waals surface area contributed by atoms with Crippen LogP contribution in [0.5, 0.6) is 0 Å². The molecule has 2 aromatic rings. The van der Waals surface area contributed by atoms with E-state index in [2.05, 4.69) is 15.0 Å². The second kappa shape index (κ2) is 7.84. The zero-order chi connectivity index (χ0) is 21.5. The number of carbonyl (C=O) groups excluding carboxylic acids is 1. The number of aliphatic hydroxyl groups is 4. The van der Waals surface area contributed by atoms with E-state index < -0.39 is 55.3 Å². The minimum atomic E-state index is -1.75. The molecule has 0 bridgehead atoms. The molecule has 0 aliphatic carbocycles. The van der Waals surface area contributed by atoms with Gasteiger partial charge in [0.15, 0.2) is 29.3 Å². The summed E-state index contributed by atoms with van der Waals surface area (Å²) in [5, 5.41) is 48.6. The molecule has 158 valence electrons. The SMILES string of the molecule is C[C@@H](O)[C@@H](C(=O)O)N(C(N)=O)c1ncnc2c1ncn2[C@@H]1O[C@H](CO)[C@@H](O)[C@H]1O. The molecule has 29 heavy (non-hydrogen) atoms. The first-order valence-corrected chi connectivity index (χ1v) is 8.48. The first-order chi connectivity index (χ1) is 13.7. The lowest BCUT2D eigenvalue weighted by atomic mass is 10.1. The van der Waals surface area contributed by atoms with Crippen molar-refractivity contribution in [3.05, 3.63) is 12.7 Å². The third kappa shape index (κ3) is 3.47. The van der Waals surface area contributed by atoms with Crippen LogP contribution in [-0.2, 0) is 9.53 Å². The number of aliphatic carboxylic acids is 1. The van der Waals surface area contributed by atoms with Gasteiger partial charge in [0.25, 0.3) is 0 Å². The quantitative estimate of drug-likeness (QED) is 0.284. The Morgan fingerprint density at radius 3 is 2.52 bits per heavy atom. The van der Waals surface area contributed by atoms with Crippen LogP contribution in [0.15, 0.2) is 12.7 Å². The first kappa shape index (κ1) is 20.8. The van der Waals surface area contributed by atoms with E-state index in [1.54, 1.807) is 0 Å². The summed E-state index contributed by atoms with van der Waals surface area (Å²) in [6.07, 6.45) is -4.29. The monoisotopic (exact) mass is 412 g/mol. The fourth-order valence-electron chi connectivity index (χ4n) is 3.22. The van der Waals surface area contributed by atoms with Crippen molar-refractivity contribution in [3.63, 3.8) is 0 Å². The van der Waals surface area contributed by atoms with E-state index in [1.807, 2.05) is 0 Å². The number of aromatic nitrogens is 4. The average molecular weight is 412 g/mol. The van der Waals surface area contributed by atoms with Crippen molar-refractivity contribution in [3.8, 4) is 0 Å². The Kier molecular flexibility index (Phi) is 5.63. The Bertz CT molecular complexity index is 919. The highest BCUT2D eigenvalue weighted by Crippen LogP contribution is 2.33. The normalized spacial score (nSPS) is 26.4. The molecule has 0 saturated carbocycles. The number of nitrogens with two attached hydrogens (primary N) is 1. The number of ether oxygens (including phenoxy) is 1. The molecule has 1 fully saturated rings. The smallest absolute Gasteiger partial charge is 0.329 e. The first-order valence-electron chi connectivity index (χ1n) is 8.48. The second-order valence-electron chi connectivity index (χ2n) is 6.48. The lowest BCUT2D eigenvalue weighted by Gasteiger charge is -2.28. The van der Waals surface area contributed by atoms with Crippen LogP contribution in [0.1, 0.15) is 13.2 Å². The Balaban J connectivity index is 2.10. The number of aliphatic hydroxyl groups excluding tert-OH is 4. The molecule has 0 spiro atoms. The molecule has 1 saturated heterocycles. The van der Waals surface area contributed by atoms with E-state index >= 15 is 0 Å². The molecule has 0 aromatic carbocycles.